The van der Waals surface area contributed by atoms with Gasteiger partial charge in [-0.15, -0.1) is 0 Å². The molecule has 35 heavy (non-hydrogen) atoms. The predicted octanol–water partition coefficient (Wildman–Crippen LogP) is 2.13. The number of hydrogen-bond donors (Lipinski definition) is 2. The van der Waals surface area contributed by atoms with Crippen molar-refractivity contribution < 1.29 is 0 Å². The molecule has 194 valence electrons. The average molecular weight is 482 g/mol. The summed E-state index contributed by atoms with van der Waals surface area (Å²) in [5, 5.41) is 3.49. The van der Waals surface area contributed by atoms with Crippen LogP contribution in [0.2, 0.25) is 0 Å². The highest BCUT2D eigenvalue weighted by atomic mass is 15.4. The number of nitrogens with two attached hydrogens (primary N) is 1. The summed E-state index contributed by atoms with van der Waals surface area (Å²) in [4.78, 5) is 13.4. The van der Waals surface area contributed by atoms with Crippen LogP contribution >= 0.6 is 0 Å². The second-order valence-corrected chi connectivity index (χ2v) is 11.1. The standard InChI is InChI=1S/C28H47N7/c1-3-24-21-27(29)23(2)20-28(24)35-12-6-26(7-13-35)34-18-16-32(17-19-34)22-31-10-4-25(5-11-31)33-14-8-30-9-15-33/h3,20-21,25-26,30H,1,4-19,22,29H2,2H3. The molecule has 7 heteroatoms. The number of piperazine rings is 2. The third-order valence-electron chi connectivity index (χ3n) is 8.99. The third kappa shape index (κ3) is 6.03. The monoisotopic (exact) mass is 481 g/mol. The fraction of sp³-hybridized carbons (Fsp3) is 0.714. The number of benzene rings is 1. The number of likely N-dealkylation sites (tertiary alicyclic amines) is 1. The van der Waals surface area contributed by atoms with E-state index >= 15 is 0 Å². The largest absolute Gasteiger partial charge is 0.398 e. The molecule has 0 radical (unpaired) electrons. The van der Waals surface area contributed by atoms with Gasteiger partial charge in [-0.25, -0.2) is 0 Å². The number of anilines is 2. The van der Waals surface area contributed by atoms with E-state index in [1.165, 1.54) is 103 Å². The summed E-state index contributed by atoms with van der Waals surface area (Å²) in [6.07, 6.45) is 7.14. The molecule has 0 unspecified atom stereocenters. The number of nitrogens with one attached hydrogen (secondary N) is 1. The van der Waals surface area contributed by atoms with E-state index in [-0.39, 0.29) is 0 Å². The van der Waals surface area contributed by atoms with Crippen molar-refractivity contribution >= 4 is 17.5 Å². The van der Waals surface area contributed by atoms with Gasteiger partial charge in [0, 0.05) is 102 Å². The van der Waals surface area contributed by atoms with Crippen molar-refractivity contribution in [2.24, 2.45) is 0 Å². The molecule has 0 atom stereocenters. The van der Waals surface area contributed by atoms with Gasteiger partial charge in [-0.1, -0.05) is 12.7 Å². The maximum Gasteiger partial charge on any atom is 0.0507 e. The lowest BCUT2D eigenvalue weighted by Crippen LogP contribution is -2.56. The minimum atomic E-state index is 0.727. The predicted molar refractivity (Wildman–Crippen MR) is 148 cm³/mol. The Bertz CT molecular complexity index is 828. The van der Waals surface area contributed by atoms with E-state index in [0.29, 0.717) is 0 Å². The molecular weight excluding hydrogens is 434 g/mol. The van der Waals surface area contributed by atoms with E-state index in [2.05, 4.69) is 55.5 Å². The molecule has 4 aliphatic rings. The van der Waals surface area contributed by atoms with Crippen LogP contribution in [0, 0.1) is 6.92 Å². The van der Waals surface area contributed by atoms with Crippen LogP contribution in [0.25, 0.3) is 6.08 Å². The lowest BCUT2D eigenvalue weighted by Gasteiger charge is -2.45. The zero-order valence-electron chi connectivity index (χ0n) is 21.9. The number of nitrogen functional groups attached to an aromatic ring is 1. The highest BCUT2D eigenvalue weighted by molar-refractivity contribution is 5.73. The molecule has 7 nitrogen and oxygen atoms in total. The van der Waals surface area contributed by atoms with Gasteiger partial charge in [-0.3, -0.25) is 19.6 Å². The zero-order chi connectivity index (χ0) is 24.2. The first kappa shape index (κ1) is 25.0. The molecule has 0 spiro atoms. The first-order valence-corrected chi connectivity index (χ1v) is 14.0. The Labute approximate surface area is 212 Å². The van der Waals surface area contributed by atoms with E-state index in [4.69, 9.17) is 5.73 Å². The van der Waals surface area contributed by atoms with Crippen LogP contribution < -0.4 is 16.0 Å². The van der Waals surface area contributed by atoms with E-state index in [1.807, 2.05) is 6.08 Å². The number of piperidine rings is 2. The number of aryl methyl sites for hydroxylation is 1. The fourth-order valence-corrected chi connectivity index (χ4v) is 6.66. The van der Waals surface area contributed by atoms with Crippen molar-refractivity contribution in [2.45, 2.75) is 44.7 Å². The fourth-order valence-electron chi connectivity index (χ4n) is 6.66. The summed E-state index contributed by atoms with van der Waals surface area (Å²) in [7, 11) is 0. The van der Waals surface area contributed by atoms with Gasteiger partial charge in [-0.05, 0) is 55.9 Å². The minimum Gasteiger partial charge on any atom is -0.398 e. The van der Waals surface area contributed by atoms with Crippen LogP contribution in [0.5, 0.6) is 0 Å². The van der Waals surface area contributed by atoms with Crippen molar-refractivity contribution in [2.75, 3.05) is 95.8 Å². The first-order chi connectivity index (χ1) is 17.1. The van der Waals surface area contributed by atoms with Gasteiger partial charge in [0.15, 0.2) is 0 Å². The summed E-state index contributed by atoms with van der Waals surface area (Å²) in [6, 6.07) is 5.87. The maximum absolute atomic E-state index is 6.14. The van der Waals surface area contributed by atoms with Gasteiger partial charge in [0.2, 0.25) is 0 Å². The maximum atomic E-state index is 6.14. The van der Waals surface area contributed by atoms with Crippen LogP contribution in [0.4, 0.5) is 11.4 Å². The van der Waals surface area contributed by atoms with Crippen LogP contribution in [0.3, 0.4) is 0 Å². The van der Waals surface area contributed by atoms with Crippen LogP contribution in [0.1, 0.15) is 36.8 Å². The second-order valence-electron chi connectivity index (χ2n) is 11.1. The van der Waals surface area contributed by atoms with E-state index in [1.54, 1.807) is 0 Å². The molecule has 1 aromatic carbocycles. The molecule has 1 aromatic rings. The van der Waals surface area contributed by atoms with Crippen molar-refractivity contribution in [3.05, 3.63) is 29.8 Å². The second kappa shape index (κ2) is 11.6. The van der Waals surface area contributed by atoms with E-state index in [9.17, 15) is 0 Å². The molecular formula is C28H47N7. The summed E-state index contributed by atoms with van der Waals surface area (Å²) in [6.45, 7) is 21.8. The van der Waals surface area contributed by atoms with E-state index < -0.39 is 0 Å². The molecule has 0 saturated carbocycles. The molecule has 4 aliphatic heterocycles. The Morgan fingerprint density at radius 1 is 0.829 bits per heavy atom. The van der Waals surface area contributed by atoms with Gasteiger partial charge in [0.05, 0.1) is 6.67 Å². The smallest absolute Gasteiger partial charge is 0.0507 e. The molecule has 3 N–H and O–H groups in total. The Kier molecular flexibility index (Phi) is 8.30. The zero-order valence-corrected chi connectivity index (χ0v) is 21.9. The van der Waals surface area contributed by atoms with Crippen molar-refractivity contribution in [1.29, 1.82) is 0 Å². The Balaban J connectivity index is 1.03. The minimum absolute atomic E-state index is 0.727. The van der Waals surface area contributed by atoms with Gasteiger partial charge < -0.3 is 16.0 Å². The number of rotatable bonds is 6. The molecule has 0 aromatic heterocycles. The molecule has 0 amide bonds. The highest BCUT2D eigenvalue weighted by Crippen LogP contribution is 2.30. The molecule has 0 aliphatic carbocycles. The lowest BCUT2D eigenvalue weighted by atomic mass is 9.99. The SMILES string of the molecule is C=Cc1cc(N)c(C)cc1N1CCC(N2CCN(CN3CCC(N4CCNCC4)CC3)CC2)CC1. The first-order valence-electron chi connectivity index (χ1n) is 14.0. The Hall–Kier alpha value is -1.64. The average Bonchev–Trinajstić information content (AvgIpc) is 2.91. The third-order valence-corrected chi connectivity index (χ3v) is 8.99. The molecule has 4 saturated heterocycles. The molecule has 4 heterocycles. The molecule has 0 bridgehead atoms. The Morgan fingerprint density at radius 2 is 1.40 bits per heavy atom. The van der Waals surface area contributed by atoms with Crippen molar-refractivity contribution in [1.82, 2.24) is 24.9 Å². The summed E-state index contributed by atoms with van der Waals surface area (Å²) < 4.78 is 0. The molecule has 4 fully saturated rings. The van der Waals surface area contributed by atoms with E-state index in [0.717, 1.165) is 42.0 Å². The van der Waals surface area contributed by atoms with Gasteiger partial charge in [0.1, 0.15) is 0 Å². The summed E-state index contributed by atoms with van der Waals surface area (Å²) in [5.41, 5.74) is 10.6. The highest BCUT2D eigenvalue weighted by Gasteiger charge is 2.30. The summed E-state index contributed by atoms with van der Waals surface area (Å²) in [5.74, 6) is 0. The van der Waals surface area contributed by atoms with Crippen LogP contribution in [0.15, 0.2) is 18.7 Å². The van der Waals surface area contributed by atoms with Gasteiger partial charge in [0.25, 0.3) is 0 Å². The van der Waals surface area contributed by atoms with Crippen molar-refractivity contribution in [3.8, 4) is 0 Å². The van der Waals surface area contributed by atoms with Crippen molar-refractivity contribution in [3.63, 3.8) is 0 Å². The normalized spacial score (nSPS) is 25.2. The van der Waals surface area contributed by atoms with Crippen LogP contribution in [-0.2, 0) is 0 Å². The molecule has 5 rings (SSSR count). The lowest BCUT2D eigenvalue weighted by molar-refractivity contribution is 0.0272. The quantitative estimate of drug-likeness (QED) is 0.604. The topological polar surface area (TPSA) is 54.3 Å². The number of hydrogen-bond acceptors (Lipinski definition) is 7. The summed E-state index contributed by atoms with van der Waals surface area (Å²) >= 11 is 0. The van der Waals surface area contributed by atoms with Crippen LogP contribution in [-0.4, -0.2) is 117 Å². The van der Waals surface area contributed by atoms with Gasteiger partial charge in [-0.2, -0.15) is 0 Å². The van der Waals surface area contributed by atoms with Gasteiger partial charge >= 0.3 is 0 Å². The Morgan fingerprint density at radius 3 is 2.03 bits per heavy atom. The number of nitrogens with zero attached hydrogens (tertiary/aromatic N) is 5.